The number of hydrogen-bond acceptors (Lipinski definition) is 3. The minimum atomic E-state index is -0.0126. The van der Waals surface area contributed by atoms with Crippen LogP contribution in [-0.4, -0.2) is 9.67 Å². The van der Waals surface area contributed by atoms with Crippen molar-refractivity contribution in [2.45, 2.75) is 13.3 Å². The van der Waals surface area contributed by atoms with Gasteiger partial charge in [-0.3, -0.25) is 9.36 Å². The number of aryl methyl sites for hydroxylation is 1. The van der Waals surface area contributed by atoms with Gasteiger partial charge in [0.15, 0.2) is 0 Å². The van der Waals surface area contributed by atoms with Gasteiger partial charge in [0, 0.05) is 22.0 Å². The lowest BCUT2D eigenvalue weighted by Crippen LogP contribution is -2.18. The summed E-state index contributed by atoms with van der Waals surface area (Å²) >= 11 is 1.45. The van der Waals surface area contributed by atoms with E-state index in [2.05, 4.69) is 0 Å². The second kappa shape index (κ2) is 5.25. The van der Waals surface area contributed by atoms with Crippen molar-refractivity contribution in [1.82, 2.24) is 4.57 Å². The largest absolute Gasteiger partial charge is 0.508 e. The fourth-order valence-electron chi connectivity index (χ4n) is 3.19. The maximum absolute atomic E-state index is 13.0. The van der Waals surface area contributed by atoms with E-state index >= 15 is 0 Å². The number of aromatic nitrogens is 1. The second-order valence-corrected chi connectivity index (χ2v) is 6.37. The predicted octanol–water partition coefficient (Wildman–Crippen LogP) is 4.47. The lowest BCUT2D eigenvalue weighted by Gasteiger charge is -2.15. The third-order valence-corrected chi connectivity index (χ3v) is 5.11. The van der Waals surface area contributed by atoms with Crippen LogP contribution in [0.3, 0.4) is 0 Å². The van der Waals surface area contributed by atoms with Gasteiger partial charge < -0.3 is 5.11 Å². The summed E-state index contributed by atoms with van der Waals surface area (Å²) in [5.41, 5.74) is 2.55. The van der Waals surface area contributed by atoms with Gasteiger partial charge in [0.2, 0.25) is 0 Å². The number of fused-ring (bicyclic) bond motifs is 3. The average Bonchev–Trinajstić information content (AvgIpc) is 3.06. The zero-order chi connectivity index (χ0) is 16.0. The molecule has 0 aliphatic heterocycles. The van der Waals surface area contributed by atoms with Crippen molar-refractivity contribution in [3.63, 3.8) is 0 Å². The molecule has 1 N–H and O–H groups in total. The zero-order valence-electron chi connectivity index (χ0n) is 12.6. The summed E-state index contributed by atoms with van der Waals surface area (Å²) in [5.74, 6) is 0.283. The number of hydrogen-bond donors (Lipinski definition) is 1. The summed E-state index contributed by atoms with van der Waals surface area (Å²) in [6, 6.07) is 15.1. The molecule has 0 fully saturated rings. The van der Waals surface area contributed by atoms with Gasteiger partial charge in [0.05, 0.1) is 5.52 Å². The Bertz CT molecular complexity index is 1080. The van der Waals surface area contributed by atoms with Crippen LogP contribution in [0.2, 0.25) is 0 Å². The van der Waals surface area contributed by atoms with Crippen molar-refractivity contribution in [1.29, 1.82) is 0 Å². The van der Waals surface area contributed by atoms with Gasteiger partial charge in [-0.25, -0.2) is 0 Å². The monoisotopic (exact) mass is 321 g/mol. The normalized spacial score (nSPS) is 11.3. The Kier molecular flexibility index (Phi) is 3.20. The summed E-state index contributed by atoms with van der Waals surface area (Å²) < 4.78 is 2.47. The van der Waals surface area contributed by atoms with Crippen LogP contribution in [0.4, 0.5) is 0 Å². The lowest BCUT2D eigenvalue weighted by molar-refractivity contribution is 0.470. The molecule has 2 heterocycles. The molecule has 2 aromatic carbocycles. The summed E-state index contributed by atoms with van der Waals surface area (Å²) in [7, 11) is 0. The summed E-state index contributed by atoms with van der Waals surface area (Å²) in [5, 5.41) is 14.1. The van der Waals surface area contributed by atoms with Gasteiger partial charge in [-0.2, -0.15) is 0 Å². The minimum absolute atomic E-state index is 0.0126. The van der Waals surface area contributed by atoms with E-state index in [1.165, 1.54) is 11.3 Å². The number of pyridine rings is 1. The van der Waals surface area contributed by atoms with Crippen LogP contribution < -0.4 is 5.56 Å². The van der Waals surface area contributed by atoms with E-state index in [0.29, 0.717) is 6.42 Å². The van der Waals surface area contributed by atoms with Gasteiger partial charge in [0.25, 0.3) is 5.56 Å². The number of thiophene rings is 1. The third kappa shape index (κ3) is 1.99. The molecule has 0 radical (unpaired) electrons. The predicted molar refractivity (Wildman–Crippen MR) is 96.0 cm³/mol. The molecule has 0 saturated heterocycles. The van der Waals surface area contributed by atoms with E-state index in [9.17, 15) is 9.90 Å². The molecule has 4 heteroatoms. The van der Waals surface area contributed by atoms with E-state index in [0.717, 1.165) is 32.2 Å². The molecular weight excluding hydrogens is 306 g/mol. The molecule has 0 aliphatic rings. The maximum Gasteiger partial charge on any atom is 0.273 e. The van der Waals surface area contributed by atoms with E-state index in [-0.39, 0.29) is 11.3 Å². The fourth-order valence-corrected chi connectivity index (χ4v) is 4.01. The summed E-state index contributed by atoms with van der Waals surface area (Å²) in [4.78, 5) is 13.0. The summed E-state index contributed by atoms with van der Waals surface area (Å²) in [6.07, 6.45) is 0.709. The first kappa shape index (κ1) is 14.0. The highest BCUT2D eigenvalue weighted by molar-refractivity contribution is 7.17. The number of phenols is 1. The quantitative estimate of drug-likeness (QED) is 0.592. The molecule has 114 valence electrons. The number of para-hydroxylation sites is 1. The zero-order valence-corrected chi connectivity index (χ0v) is 13.4. The first-order valence-corrected chi connectivity index (χ1v) is 8.42. The molecule has 4 rings (SSSR count). The molecule has 0 aliphatic carbocycles. The Labute approximate surface area is 137 Å². The Hall–Kier alpha value is -2.59. The first-order valence-electron chi connectivity index (χ1n) is 7.54. The molecule has 0 atom stereocenters. The van der Waals surface area contributed by atoms with Gasteiger partial charge in [-0.1, -0.05) is 25.1 Å². The molecule has 23 heavy (non-hydrogen) atoms. The highest BCUT2D eigenvalue weighted by Crippen LogP contribution is 2.34. The summed E-state index contributed by atoms with van der Waals surface area (Å²) in [6.45, 7) is 2.02. The Morgan fingerprint density at radius 3 is 2.61 bits per heavy atom. The molecule has 0 bridgehead atoms. The number of phenolic OH excluding ortho intramolecular Hbond substituents is 1. The van der Waals surface area contributed by atoms with Crippen LogP contribution in [-0.2, 0) is 6.42 Å². The smallest absolute Gasteiger partial charge is 0.273 e. The number of rotatable bonds is 2. The van der Waals surface area contributed by atoms with Crippen LogP contribution in [0.25, 0.3) is 26.7 Å². The minimum Gasteiger partial charge on any atom is -0.508 e. The Morgan fingerprint density at radius 2 is 1.87 bits per heavy atom. The molecule has 0 unspecified atom stereocenters. The molecule has 0 spiro atoms. The number of aromatic hydroxyl groups is 1. The highest BCUT2D eigenvalue weighted by Gasteiger charge is 2.17. The van der Waals surface area contributed by atoms with E-state index in [1.807, 2.05) is 54.8 Å². The SMILES string of the molecule is CCc1c(O)ccc2c1c1ccsc1c(=O)n2-c1ccccc1. The van der Waals surface area contributed by atoms with Crippen molar-refractivity contribution >= 4 is 32.3 Å². The first-order chi connectivity index (χ1) is 11.2. The van der Waals surface area contributed by atoms with Crippen LogP contribution in [0.1, 0.15) is 12.5 Å². The van der Waals surface area contributed by atoms with Crippen molar-refractivity contribution in [3.8, 4) is 11.4 Å². The van der Waals surface area contributed by atoms with E-state index in [4.69, 9.17) is 0 Å². The van der Waals surface area contributed by atoms with Gasteiger partial charge in [-0.05, 0) is 42.1 Å². The second-order valence-electron chi connectivity index (χ2n) is 5.45. The van der Waals surface area contributed by atoms with Crippen molar-refractivity contribution < 1.29 is 5.11 Å². The van der Waals surface area contributed by atoms with Crippen LogP contribution >= 0.6 is 11.3 Å². The van der Waals surface area contributed by atoms with Gasteiger partial charge in [0.1, 0.15) is 10.4 Å². The van der Waals surface area contributed by atoms with Crippen molar-refractivity contribution in [2.75, 3.05) is 0 Å². The number of nitrogens with zero attached hydrogens (tertiary/aromatic N) is 1. The van der Waals surface area contributed by atoms with Crippen LogP contribution in [0.15, 0.2) is 58.7 Å². The molecule has 3 nitrogen and oxygen atoms in total. The topological polar surface area (TPSA) is 42.2 Å². The van der Waals surface area contributed by atoms with Crippen molar-refractivity contribution in [2.24, 2.45) is 0 Å². The van der Waals surface area contributed by atoms with Gasteiger partial charge in [-0.15, -0.1) is 11.3 Å². The van der Waals surface area contributed by atoms with Gasteiger partial charge >= 0.3 is 0 Å². The van der Waals surface area contributed by atoms with Crippen molar-refractivity contribution in [3.05, 3.63) is 69.8 Å². The molecular formula is C19H15NO2S. The lowest BCUT2D eigenvalue weighted by atomic mass is 10.0. The molecule has 4 aromatic rings. The highest BCUT2D eigenvalue weighted by atomic mass is 32.1. The fraction of sp³-hybridized carbons (Fsp3) is 0.105. The third-order valence-electron chi connectivity index (χ3n) is 4.21. The standard InChI is InChI=1S/C19H15NO2S/c1-2-13-16(21)9-8-15-17(13)14-10-11-23-18(14)19(22)20(15)12-6-4-3-5-7-12/h3-11,21H,2H2,1H3. The van der Waals surface area contributed by atoms with E-state index < -0.39 is 0 Å². The Balaban J connectivity index is 2.30. The molecule has 2 aromatic heterocycles. The Morgan fingerprint density at radius 1 is 1.09 bits per heavy atom. The average molecular weight is 321 g/mol. The molecule has 0 saturated carbocycles. The van der Waals surface area contributed by atoms with E-state index in [1.54, 1.807) is 10.6 Å². The van der Waals surface area contributed by atoms with Crippen LogP contribution in [0, 0.1) is 0 Å². The maximum atomic E-state index is 13.0. The number of benzene rings is 2. The van der Waals surface area contributed by atoms with Crippen LogP contribution in [0.5, 0.6) is 5.75 Å². The molecule has 0 amide bonds.